The Hall–Kier alpha value is -1.95. The highest BCUT2D eigenvalue weighted by atomic mass is 32.2. The summed E-state index contributed by atoms with van der Waals surface area (Å²) in [6.07, 6.45) is 6.00. The molecule has 1 heterocycles. The van der Waals surface area contributed by atoms with E-state index in [-0.39, 0.29) is 0 Å². The van der Waals surface area contributed by atoms with Crippen LogP contribution in [0.25, 0.3) is 11.1 Å². The molecule has 2 rings (SSSR count). The molecule has 1 aliphatic carbocycles. The van der Waals surface area contributed by atoms with Crippen molar-refractivity contribution in [2.75, 3.05) is 11.6 Å². The summed E-state index contributed by atoms with van der Waals surface area (Å²) in [4.78, 5) is 10.0. The third kappa shape index (κ3) is 2.48. The summed E-state index contributed by atoms with van der Waals surface area (Å²) in [5, 5.41) is 14.1. The molecule has 94 valence electrons. The lowest BCUT2D eigenvalue weighted by molar-refractivity contribution is -0.402. The molecule has 6 heteroatoms. The molecule has 0 saturated heterocycles. The largest absolute Gasteiger partial charge is 0.472 e. The Bertz CT molecular complexity index is 577. The van der Waals surface area contributed by atoms with Crippen molar-refractivity contribution >= 4 is 17.4 Å². The molecule has 0 bridgehead atoms. The second-order valence-electron chi connectivity index (χ2n) is 3.74. The lowest BCUT2D eigenvalue weighted by atomic mass is 10.2. The maximum Gasteiger partial charge on any atom is 0.264 e. The fourth-order valence-corrected chi connectivity index (χ4v) is 2.15. The molecule has 1 aliphatic heterocycles. The van der Waals surface area contributed by atoms with Gasteiger partial charge in [-0.05, 0) is 30.9 Å². The number of thioether (sulfide) groups is 1. The molecule has 5 nitrogen and oxygen atoms in total. The first-order valence-corrected chi connectivity index (χ1v) is 6.46. The van der Waals surface area contributed by atoms with E-state index in [1.807, 2.05) is 19.1 Å². The van der Waals surface area contributed by atoms with E-state index in [0.29, 0.717) is 5.03 Å². The Morgan fingerprint density at radius 2 is 2.39 bits per heavy atom. The fourth-order valence-electron chi connectivity index (χ4n) is 1.76. The molecular formula is C12H12N2O3S. The topological polar surface area (TPSA) is 68.3 Å². The van der Waals surface area contributed by atoms with Crippen LogP contribution >= 0.6 is 11.8 Å². The van der Waals surface area contributed by atoms with Crippen LogP contribution in [0.5, 0.6) is 0 Å². The molecule has 0 aromatic rings. The Kier molecular flexibility index (Phi) is 3.57. The minimum Gasteiger partial charge on any atom is -0.472 e. The highest BCUT2D eigenvalue weighted by molar-refractivity contribution is 8.02. The first-order valence-electron chi connectivity index (χ1n) is 5.23. The molecule has 0 unspecified atom stereocenters. The lowest BCUT2D eigenvalue weighted by Gasteiger charge is -2.08. The predicted octanol–water partition coefficient (Wildman–Crippen LogP) is 3.54. The summed E-state index contributed by atoms with van der Waals surface area (Å²) in [5.41, 5.74) is 3.86. The van der Waals surface area contributed by atoms with E-state index in [2.05, 4.69) is 5.32 Å². The number of anilines is 1. The average molecular weight is 264 g/mol. The molecule has 0 atom stereocenters. The van der Waals surface area contributed by atoms with Gasteiger partial charge in [0.25, 0.3) is 6.20 Å². The molecule has 0 fully saturated rings. The molecule has 0 aromatic heterocycles. The Labute approximate surface area is 108 Å². The van der Waals surface area contributed by atoms with Crippen molar-refractivity contribution in [2.45, 2.75) is 6.92 Å². The van der Waals surface area contributed by atoms with E-state index in [1.54, 1.807) is 18.8 Å². The van der Waals surface area contributed by atoms with Gasteiger partial charge < -0.3 is 9.73 Å². The number of nitro groups is 1. The van der Waals surface area contributed by atoms with Crippen LogP contribution in [0.2, 0.25) is 0 Å². The highest BCUT2D eigenvalue weighted by Crippen LogP contribution is 2.37. The maximum absolute atomic E-state index is 10.5. The summed E-state index contributed by atoms with van der Waals surface area (Å²) in [6, 6.07) is 3.82. The zero-order valence-electron chi connectivity index (χ0n) is 9.97. The van der Waals surface area contributed by atoms with Crippen molar-refractivity contribution in [3.63, 3.8) is 0 Å². The van der Waals surface area contributed by atoms with E-state index in [4.69, 9.17) is 4.42 Å². The van der Waals surface area contributed by atoms with Crippen LogP contribution < -0.4 is 5.32 Å². The Morgan fingerprint density at radius 3 is 3.06 bits per heavy atom. The fraction of sp³-hybridized carbons (Fsp3) is 0.167. The first-order chi connectivity index (χ1) is 8.61. The van der Waals surface area contributed by atoms with Gasteiger partial charge in [-0.3, -0.25) is 10.1 Å². The summed E-state index contributed by atoms with van der Waals surface area (Å²) in [5.74, 6) is 0. The molecule has 0 radical (unpaired) electrons. The SMILES string of the molecule is CSC(=C[N+](=O)[O-])Nc1c(C)cc2coccc1-2. The van der Waals surface area contributed by atoms with E-state index >= 15 is 0 Å². The minimum atomic E-state index is -0.464. The summed E-state index contributed by atoms with van der Waals surface area (Å²) in [6.45, 7) is 1.95. The van der Waals surface area contributed by atoms with Crippen LogP contribution in [0.1, 0.15) is 5.56 Å². The minimum absolute atomic E-state index is 0.464. The highest BCUT2D eigenvalue weighted by Gasteiger charge is 2.15. The van der Waals surface area contributed by atoms with E-state index in [9.17, 15) is 10.1 Å². The van der Waals surface area contributed by atoms with Gasteiger partial charge in [-0.2, -0.15) is 0 Å². The second-order valence-corrected chi connectivity index (χ2v) is 4.58. The monoisotopic (exact) mass is 264 g/mol. The van der Waals surface area contributed by atoms with Gasteiger partial charge in [0.05, 0.1) is 23.1 Å². The van der Waals surface area contributed by atoms with Crippen LogP contribution in [0.3, 0.4) is 0 Å². The standard InChI is InChI=1S/C12H12N2O3S/c1-8-5-9-7-17-4-3-10(9)12(8)13-11(18-2)6-14(15)16/h3-7,13H,1-2H3. The molecule has 0 spiro atoms. The zero-order valence-corrected chi connectivity index (χ0v) is 10.8. The van der Waals surface area contributed by atoms with Gasteiger partial charge in [-0.25, -0.2) is 0 Å². The van der Waals surface area contributed by atoms with Crippen molar-refractivity contribution < 1.29 is 9.34 Å². The van der Waals surface area contributed by atoms with E-state index < -0.39 is 4.92 Å². The Balaban J connectivity index is 2.37. The van der Waals surface area contributed by atoms with Crippen LogP contribution in [0.15, 0.2) is 40.3 Å². The third-order valence-corrected chi connectivity index (χ3v) is 3.19. The Morgan fingerprint density at radius 1 is 1.61 bits per heavy atom. The molecule has 18 heavy (non-hydrogen) atoms. The summed E-state index contributed by atoms with van der Waals surface area (Å²) >= 11 is 1.30. The van der Waals surface area contributed by atoms with E-state index in [1.165, 1.54) is 11.8 Å². The normalized spacial score (nSPS) is 11.8. The molecule has 1 N–H and O–H groups in total. The lowest BCUT2D eigenvalue weighted by Crippen LogP contribution is -2.00. The first kappa shape index (κ1) is 12.5. The van der Waals surface area contributed by atoms with Gasteiger partial charge in [0.1, 0.15) is 5.03 Å². The van der Waals surface area contributed by atoms with Crippen LogP contribution in [0.4, 0.5) is 5.69 Å². The maximum atomic E-state index is 10.5. The van der Waals surface area contributed by atoms with Gasteiger partial charge in [-0.15, -0.1) is 11.8 Å². The summed E-state index contributed by atoms with van der Waals surface area (Å²) in [7, 11) is 0. The number of fused-ring (bicyclic) bond motifs is 1. The van der Waals surface area contributed by atoms with Gasteiger partial charge in [0.15, 0.2) is 0 Å². The summed E-state index contributed by atoms with van der Waals surface area (Å²) < 4.78 is 5.10. The van der Waals surface area contributed by atoms with Gasteiger partial charge in [-0.1, -0.05) is 0 Å². The van der Waals surface area contributed by atoms with Crippen molar-refractivity contribution in [3.8, 4) is 11.1 Å². The molecular weight excluding hydrogens is 252 g/mol. The smallest absolute Gasteiger partial charge is 0.264 e. The number of hydrogen-bond acceptors (Lipinski definition) is 5. The van der Waals surface area contributed by atoms with Crippen molar-refractivity contribution in [3.05, 3.63) is 51.6 Å². The van der Waals surface area contributed by atoms with Crippen LogP contribution in [0, 0.1) is 17.0 Å². The van der Waals surface area contributed by atoms with Gasteiger partial charge in [0.2, 0.25) is 0 Å². The van der Waals surface area contributed by atoms with Crippen LogP contribution in [-0.2, 0) is 0 Å². The zero-order chi connectivity index (χ0) is 13.1. The quantitative estimate of drug-likeness (QED) is 0.675. The molecule has 0 aromatic carbocycles. The number of aryl methyl sites for hydroxylation is 1. The van der Waals surface area contributed by atoms with Gasteiger partial charge >= 0.3 is 0 Å². The van der Waals surface area contributed by atoms with Crippen molar-refractivity contribution in [1.82, 2.24) is 0 Å². The molecule has 0 amide bonds. The van der Waals surface area contributed by atoms with Crippen LogP contribution in [-0.4, -0.2) is 11.2 Å². The average Bonchev–Trinajstić information content (AvgIpc) is 2.64. The van der Waals surface area contributed by atoms with Gasteiger partial charge in [0, 0.05) is 11.1 Å². The third-order valence-electron chi connectivity index (χ3n) is 2.55. The second kappa shape index (κ2) is 5.14. The molecule has 2 aliphatic rings. The van der Waals surface area contributed by atoms with E-state index in [0.717, 1.165) is 28.6 Å². The van der Waals surface area contributed by atoms with Crippen molar-refractivity contribution in [1.29, 1.82) is 0 Å². The number of nitrogens with one attached hydrogen (secondary N) is 1. The predicted molar refractivity (Wildman–Crippen MR) is 72.3 cm³/mol. The number of rotatable bonds is 4. The number of nitrogens with zero attached hydrogens (tertiary/aromatic N) is 1. The molecule has 0 saturated carbocycles. The number of hydrogen-bond donors (Lipinski definition) is 1. The van der Waals surface area contributed by atoms with Crippen molar-refractivity contribution in [2.24, 2.45) is 0 Å².